The number of hydrogen-bond donors (Lipinski definition) is 2. The molecule has 3 atom stereocenters. The van der Waals surface area contributed by atoms with Gasteiger partial charge in [-0.3, -0.25) is 9.69 Å². The summed E-state index contributed by atoms with van der Waals surface area (Å²) in [5, 5.41) is 15.9. The fourth-order valence-electron chi connectivity index (χ4n) is 3.94. The van der Waals surface area contributed by atoms with E-state index in [1.807, 2.05) is 6.92 Å². The van der Waals surface area contributed by atoms with E-state index in [1.165, 1.54) is 25.7 Å². The number of rotatable bonds is 5. The molecular weight excluding hydrogens is 264 g/mol. The number of nitrogens with zero attached hydrogens (tertiary/aromatic N) is 2. The molecule has 2 saturated heterocycles. The molecule has 21 heavy (non-hydrogen) atoms. The molecule has 2 N–H and O–H groups in total. The molecule has 1 aliphatic carbocycles. The van der Waals surface area contributed by atoms with Gasteiger partial charge in [0.25, 0.3) is 0 Å². The second kappa shape index (κ2) is 5.94. The van der Waals surface area contributed by atoms with Gasteiger partial charge in [0.2, 0.25) is 5.91 Å². The van der Waals surface area contributed by atoms with Crippen molar-refractivity contribution in [3.8, 4) is 6.07 Å². The van der Waals surface area contributed by atoms with Crippen LogP contribution in [0.4, 0.5) is 0 Å². The number of nitriles is 1. The number of carbonyl (C=O) groups is 1. The topological polar surface area (TPSA) is 68.2 Å². The molecule has 0 radical (unpaired) electrons. The summed E-state index contributed by atoms with van der Waals surface area (Å²) < 4.78 is 0. The highest BCUT2D eigenvalue weighted by Gasteiger charge is 2.43. The Labute approximate surface area is 127 Å². The third kappa shape index (κ3) is 3.22. The Morgan fingerprint density at radius 1 is 1.38 bits per heavy atom. The molecule has 0 aromatic heterocycles. The lowest BCUT2D eigenvalue weighted by molar-refractivity contribution is -0.124. The molecule has 3 fully saturated rings. The van der Waals surface area contributed by atoms with E-state index >= 15 is 0 Å². The monoisotopic (exact) mass is 290 g/mol. The van der Waals surface area contributed by atoms with Gasteiger partial charge in [0.15, 0.2) is 0 Å². The maximum absolute atomic E-state index is 12.3. The molecular formula is C16H26N4O. The van der Waals surface area contributed by atoms with Crippen LogP contribution in [0, 0.1) is 17.2 Å². The summed E-state index contributed by atoms with van der Waals surface area (Å²) in [6, 6.07) is 3.34. The predicted octanol–water partition coefficient (Wildman–Crippen LogP) is 1.01. The van der Waals surface area contributed by atoms with Crippen molar-refractivity contribution in [3.63, 3.8) is 0 Å². The van der Waals surface area contributed by atoms with E-state index in [2.05, 4.69) is 21.6 Å². The first-order chi connectivity index (χ1) is 10.1. The standard InChI is InChI=1S/C16H26N4O/c1-16(11-17,12-6-7-12)19-15(21)10-20-9-3-5-14(20)13-4-2-8-18-13/h12-14,18H,2-10H2,1H3,(H,19,21). The number of nitrogens with one attached hydrogen (secondary N) is 2. The van der Waals surface area contributed by atoms with Gasteiger partial charge in [0, 0.05) is 12.1 Å². The second-order valence-corrected chi connectivity index (χ2v) is 7.02. The Kier molecular flexibility index (Phi) is 4.19. The zero-order valence-corrected chi connectivity index (χ0v) is 12.9. The summed E-state index contributed by atoms with van der Waals surface area (Å²) >= 11 is 0. The van der Waals surface area contributed by atoms with Gasteiger partial charge >= 0.3 is 0 Å². The number of likely N-dealkylation sites (tertiary alicyclic amines) is 1. The summed E-state index contributed by atoms with van der Waals surface area (Å²) in [7, 11) is 0. The third-order valence-corrected chi connectivity index (χ3v) is 5.35. The van der Waals surface area contributed by atoms with E-state index in [0.717, 1.165) is 25.9 Å². The van der Waals surface area contributed by atoms with Crippen LogP contribution in [0.2, 0.25) is 0 Å². The molecule has 2 aliphatic heterocycles. The largest absolute Gasteiger partial charge is 0.337 e. The van der Waals surface area contributed by atoms with E-state index in [4.69, 9.17) is 0 Å². The summed E-state index contributed by atoms with van der Waals surface area (Å²) in [4.78, 5) is 14.7. The summed E-state index contributed by atoms with van der Waals surface area (Å²) in [5.41, 5.74) is -0.669. The lowest BCUT2D eigenvalue weighted by atomic mass is 9.98. The van der Waals surface area contributed by atoms with Crippen molar-refractivity contribution >= 4 is 5.91 Å². The van der Waals surface area contributed by atoms with Crippen LogP contribution in [0.1, 0.15) is 45.4 Å². The number of carbonyl (C=O) groups excluding carboxylic acids is 1. The smallest absolute Gasteiger partial charge is 0.235 e. The van der Waals surface area contributed by atoms with Crippen LogP contribution in [-0.2, 0) is 4.79 Å². The summed E-state index contributed by atoms with van der Waals surface area (Å²) in [6.07, 6.45) is 6.94. The van der Waals surface area contributed by atoms with Crippen molar-refractivity contribution in [1.82, 2.24) is 15.5 Å². The van der Waals surface area contributed by atoms with Crippen LogP contribution in [0.5, 0.6) is 0 Å². The lowest BCUT2D eigenvalue weighted by Gasteiger charge is -2.30. The van der Waals surface area contributed by atoms with E-state index in [0.29, 0.717) is 24.5 Å². The number of amides is 1. The van der Waals surface area contributed by atoms with Crippen LogP contribution >= 0.6 is 0 Å². The fourth-order valence-corrected chi connectivity index (χ4v) is 3.94. The highest BCUT2D eigenvalue weighted by molar-refractivity contribution is 5.79. The minimum atomic E-state index is -0.669. The van der Waals surface area contributed by atoms with Crippen molar-refractivity contribution in [3.05, 3.63) is 0 Å². The fraction of sp³-hybridized carbons (Fsp3) is 0.875. The zero-order valence-electron chi connectivity index (χ0n) is 12.9. The van der Waals surface area contributed by atoms with E-state index < -0.39 is 5.54 Å². The zero-order chi connectivity index (χ0) is 14.9. The minimum Gasteiger partial charge on any atom is -0.337 e. The summed E-state index contributed by atoms with van der Waals surface area (Å²) in [5.74, 6) is 0.355. The van der Waals surface area contributed by atoms with Crippen LogP contribution in [-0.4, -0.2) is 48.1 Å². The van der Waals surface area contributed by atoms with Crippen molar-refractivity contribution in [2.75, 3.05) is 19.6 Å². The molecule has 0 spiro atoms. The normalized spacial score (nSPS) is 32.6. The molecule has 1 amide bonds. The quantitative estimate of drug-likeness (QED) is 0.793. The van der Waals surface area contributed by atoms with Crippen molar-refractivity contribution in [2.45, 2.75) is 63.1 Å². The highest BCUT2D eigenvalue weighted by atomic mass is 16.2. The molecule has 5 nitrogen and oxygen atoms in total. The lowest BCUT2D eigenvalue weighted by Crippen LogP contribution is -2.52. The number of hydrogen-bond acceptors (Lipinski definition) is 4. The Balaban J connectivity index is 1.55. The van der Waals surface area contributed by atoms with Gasteiger partial charge in [0.1, 0.15) is 5.54 Å². The third-order valence-electron chi connectivity index (χ3n) is 5.35. The van der Waals surface area contributed by atoms with Gasteiger partial charge in [-0.25, -0.2) is 0 Å². The first kappa shape index (κ1) is 14.8. The second-order valence-electron chi connectivity index (χ2n) is 7.02. The molecule has 0 aromatic carbocycles. The Morgan fingerprint density at radius 3 is 2.81 bits per heavy atom. The van der Waals surface area contributed by atoms with Crippen LogP contribution in [0.25, 0.3) is 0 Å². The van der Waals surface area contributed by atoms with Crippen LogP contribution in [0.15, 0.2) is 0 Å². The van der Waals surface area contributed by atoms with Gasteiger partial charge in [0.05, 0.1) is 12.6 Å². The first-order valence-electron chi connectivity index (χ1n) is 8.32. The maximum atomic E-state index is 12.3. The average Bonchev–Trinajstić information content (AvgIpc) is 3.01. The van der Waals surface area contributed by atoms with Gasteiger partial charge < -0.3 is 10.6 Å². The average molecular weight is 290 g/mol. The Hall–Kier alpha value is -1.12. The molecule has 5 heteroatoms. The van der Waals surface area contributed by atoms with Gasteiger partial charge in [-0.2, -0.15) is 5.26 Å². The predicted molar refractivity (Wildman–Crippen MR) is 80.5 cm³/mol. The summed E-state index contributed by atoms with van der Waals surface area (Å²) in [6.45, 7) is 4.41. The Bertz CT molecular complexity index is 436. The molecule has 116 valence electrons. The Morgan fingerprint density at radius 2 is 2.19 bits per heavy atom. The van der Waals surface area contributed by atoms with Gasteiger partial charge in [-0.15, -0.1) is 0 Å². The highest BCUT2D eigenvalue weighted by Crippen LogP contribution is 2.39. The van der Waals surface area contributed by atoms with Crippen molar-refractivity contribution in [1.29, 1.82) is 5.26 Å². The maximum Gasteiger partial charge on any atom is 0.235 e. The minimum absolute atomic E-state index is 0.0100. The molecule has 2 heterocycles. The van der Waals surface area contributed by atoms with E-state index in [-0.39, 0.29) is 5.91 Å². The van der Waals surface area contributed by atoms with Crippen molar-refractivity contribution < 1.29 is 4.79 Å². The van der Waals surface area contributed by atoms with Gasteiger partial charge in [-0.05, 0) is 64.5 Å². The van der Waals surface area contributed by atoms with E-state index in [9.17, 15) is 10.1 Å². The van der Waals surface area contributed by atoms with Crippen LogP contribution < -0.4 is 10.6 Å². The molecule has 0 aromatic rings. The first-order valence-corrected chi connectivity index (χ1v) is 8.32. The van der Waals surface area contributed by atoms with E-state index in [1.54, 1.807) is 0 Å². The molecule has 1 saturated carbocycles. The molecule has 3 aliphatic rings. The molecule has 3 unspecified atom stereocenters. The molecule has 3 rings (SSSR count). The SMILES string of the molecule is CC(C#N)(NC(=O)CN1CCCC1C1CCCN1)C1CC1. The van der Waals surface area contributed by atoms with Crippen LogP contribution in [0.3, 0.4) is 0 Å². The van der Waals surface area contributed by atoms with Gasteiger partial charge in [-0.1, -0.05) is 0 Å². The van der Waals surface area contributed by atoms with Crippen molar-refractivity contribution in [2.24, 2.45) is 5.92 Å². The molecule has 0 bridgehead atoms.